The largest absolute Gasteiger partial charge is 0.287 e. The fourth-order valence-corrected chi connectivity index (χ4v) is 7.60. The third-order valence-corrected chi connectivity index (χ3v) is 9.48. The Morgan fingerprint density at radius 1 is 0.946 bits per heavy atom. The highest BCUT2D eigenvalue weighted by atomic mass is 35.5. The van der Waals surface area contributed by atoms with Crippen LogP contribution in [0.25, 0.3) is 11.3 Å². The number of aromatic nitrogens is 2. The average molecular weight is 548 g/mol. The van der Waals surface area contributed by atoms with Crippen molar-refractivity contribution in [3.63, 3.8) is 0 Å². The molecule has 0 bridgehead atoms. The van der Waals surface area contributed by atoms with E-state index in [-0.39, 0.29) is 11.0 Å². The number of nitrogens with zero attached hydrogens (tertiary/aromatic N) is 2. The monoisotopic (exact) mass is 546 g/mol. The number of halogens is 2. The summed E-state index contributed by atoms with van der Waals surface area (Å²) >= 11 is 14.2. The van der Waals surface area contributed by atoms with E-state index in [0.717, 1.165) is 66.1 Å². The molecule has 1 saturated carbocycles. The van der Waals surface area contributed by atoms with Gasteiger partial charge >= 0.3 is 0 Å². The van der Waals surface area contributed by atoms with Gasteiger partial charge in [-0.2, -0.15) is 0 Å². The van der Waals surface area contributed by atoms with Crippen LogP contribution in [0.2, 0.25) is 10.0 Å². The Hall–Kier alpha value is -2.53. The first kappa shape index (κ1) is 24.8. The van der Waals surface area contributed by atoms with Crippen molar-refractivity contribution in [2.24, 2.45) is 0 Å². The lowest BCUT2D eigenvalue weighted by Crippen LogP contribution is -2.40. The second kappa shape index (κ2) is 10.3. The minimum atomic E-state index is -0.106. The van der Waals surface area contributed by atoms with Crippen molar-refractivity contribution in [2.75, 3.05) is 0 Å². The molecule has 0 N–H and O–H groups in total. The molecule has 3 aromatic carbocycles. The Bertz CT molecular complexity index is 1510. The predicted octanol–water partition coefficient (Wildman–Crippen LogP) is 8.12. The van der Waals surface area contributed by atoms with E-state index in [0.29, 0.717) is 22.3 Å². The average Bonchev–Trinajstić information content (AvgIpc) is 3.36. The number of thioether (sulfide) groups is 1. The summed E-state index contributed by atoms with van der Waals surface area (Å²) in [7, 11) is 0. The van der Waals surface area contributed by atoms with Crippen molar-refractivity contribution in [1.82, 2.24) is 9.55 Å². The Balaban J connectivity index is 1.47. The van der Waals surface area contributed by atoms with Crippen LogP contribution in [0.5, 0.6) is 0 Å². The number of hydrogen-bond donors (Lipinski definition) is 0. The van der Waals surface area contributed by atoms with E-state index in [9.17, 15) is 4.79 Å². The first-order valence-corrected chi connectivity index (χ1v) is 14.6. The van der Waals surface area contributed by atoms with E-state index >= 15 is 0 Å². The standard InChI is InChI=1S/C31H28Cl2N2OS/c32-24-13-12-23(26(33)18-24)20-37-30-34-28-25-11-5-4-10-22(25)19-31(15-6-7-16-31)27(28)29(36)35(30)17-14-21-8-2-1-3-9-21/h1-5,8-13,18H,6-7,14-17,19-20H2. The summed E-state index contributed by atoms with van der Waals surface area (Å²) in [6, 6.07) is 24.4. The normalized spacial score (nSPS) is 15.5. The van der Waals surface area contributed by atoms with Crippen molar-refractivity contribution >= 4 is 35.0 Å². The van der Waals surface area contributed by atoms with Crippen molar-refractivity contribution in [3.8, 4) is 11.3 Å². The fraction of sp³-hybridized carbons (Fsp3) is 0.290. The van der Waals surface area contributed by atoms with Crippen LogP contribution in [0.4, 0.5) is 0 Å². The number of rotatable bonds is 6. The lowest BCUT2D eigenvalue weighted by Gasteiger charge is -2.36. The van der Waals surface area contributed by atoms with E-state index in [2.05, 4.69) is 36.4 Å². The lowest BCUT2D eigenvalue weighted by molar-refractivity contribution is 0.415. The first-order chi connectivity index (χ1) is 18.0. The van der Waals surface area contributed by atoms with Crippen LogP contribution in [-0.4, -0.2) is 9.55 Å². The molecule has 6 heteroatoms. The molecule has 1 aromatic heterocycles. The minimum Gasteiger partial charge on any atom is -0.287 e. The Morgan fingerprint density at radius 2 is 1.70 bits per heavy atom. The summed E-state index contributed by atoms with van der Waals surface area (Å²) in [5.74, 6) is 0.610. The molecule has 37 heavy (non-hydrogen) atoms. The predicted molar refractivity (Wildman–Crippen MR) is 154 cm³/mol. The molecule has 6 rings (SSSR count). The number of fused-ring (bicyclic) bond motifs is 4. The maximum Gasteiger partial charge on any atom is 0.258 e. The van der Waals surface area contributed by atoms with Gasteiger partial charge in [0.25, 0.3) is 5.56 Å². The highest BCUT2D eigenvalue weighted by molar-refractivity contribution is 7.98. The second-order valence-corrected chi connectivity index (χ2v) is 11.9. The molecule has 2 aliphatic carbocycles. The third kappa shape index (κ3) is 4.76. The van der Waals surface area contributed by atoms with E-state index in [4.69, 9.17) is 28.2 Å². The molecular formula is C31H28Cl2N2OS. The molecule has 0 aliphatic heterocycles. The van der Waals surface area contributed by atoms with Crippen LogP contribution in [-0.2, 0) is 30.6 Å². The van der Waals surface area contributed by atoms with Gasteiger partial charge in [0, 0.05) is 33.3 Å². The van der Waals surface area contributed by atoms with Crippen molar-refractivity contribution in [3.05, 3.63) is 115 Å². The highest BCUT2D eigenvalue weighted by Crippen LogP contribution is 2.50. The molecule has 1 fully saturated rings. The number of aryl methyl sites for hydroxylation is 1. The maximum absolute atomic E-state index is 14.4. The fourth-order valence-electron chi connectivity index (χ4n) is 6.02. The molecule has 4 aromatic rings. The Kier molecular flexibility index (Phi) is 6.91. The molecule has 3 nitrogen and oxygen atoms in total. The molecule has 0 atom stereocenters. The van der Waals surface area contributed by atoms with Gasteiger partial charge in [0.2, 0.25) is 0 Å². The van der Waals surface area contributed by atoms with Crippen LogP contribution >= 0.6 is 35.0 Å². The van der Waals surface area contributed by atoms with Gasteiger partial charge in [-0.3, -0.25) is 9.36 Å². The summed E-state index contributed by atoms with van der Waals surface area (Å²) < 4.78 is 1.92. The Labute approximate surface area is 231 Å². The lowest BCUT2D eigenvalue weighted by atomic mass is 9.68. The molecule has 0 unspecified atom stereocenters. The number of benzene rings is 3. The number of hydrogen-bond acceptors (Lipinski definition) is 3. The van der Waals surface area contributed by atoms with Crippen LogP contribution in [0, 0.1) is 0 Å². The van der Waals surface area contributed by atoms with Gasteiger partial charge in [0.05, 0.1) is 11.3 Å². The maximum atomic E-state index is 14.4. The van der Waals surface area contributed by atoms with Gasteiger partial charge in [0.1, 0.15) is 0 Å². The summed E-state index contributed by atoms with van der Waals surface area (Å²) in [4.78, 5) is 19.7. The van der Waals surface area contributed by atoms with Gasteiger partial charge in [0.15, 0.2) is 5.16 Å². The molecule has 0 radical (unpaired) electrons. The smallest absolute Gasteiger partial charge is 0.258 e. The van der Waals surface area contributed by atoms with Gasteiger partial charge < -0.3 is 0 Å². The molecule has 2 aliphatic rings. The van der Waals surface area contributed by atoms with Gasteiger partial charge in [-0.25, -0.2) is 4.98 Å². The third-order valence-electron chi connectivity index (χ3n) is 7.87. The highest BCUT2D eigenvalue weighted by Gasteiger charge is 2.44. The van der Waals surface area contributed by atoms with Crippen LogP contribution < -0.4 is 5.56 Å². The van der Waals surface area contributed by atoms with E-state index in [1.807, 2.05) is 34.9 Å². The zero-order valence-electron chi connectivity index (χ0n) is 20.6. The molecule has 1 spiro atoms. The first-order valence-electron chi connectivity index (χ1n) is 12.9. The van der Waals surface area contributed by atoms with Gasteiger partial charge in [-0.1, -0.05) is 108 Å². The summed E-state index contributed by atoms with van der Waals surface area (Å²) in [6.07, 6.45) is 6.14. The molecule has 1 heterocycles. The molecule has 0 amide bonds. The van der Waals surface area contributed by atoms with Crippen molar-refractivity contribution in [1.29, 1.82) is 0 Å². The second-order valence-electron chi connectivity index (χ2n) is 10.2. The molecule has 188 valence electrons. The molecular weight excluding hydrogens is 519 g/mol. The Morgan fingerprint density at radius 3 is 2.49 bits per heavy atom. The minimum absolute atomic E-state index is 0.106. The van der Waals surface area contributed by atoms with Crippen LogP contribution in [0.3, 0.4) is 0 Å². The SMILES string of the molecule is O=c1c2c(nc(SCc3ccc(Cl)cc3Cl)n1CCc1ccccc1)-c1ccccc1CC21CCCC1. The molecule has 0 saturated heterocycles. The zero-order valence-corrected chi connectivity index (χ0v) is 22.9. The summed E-state index contributed by atoms with van der Waals surface area (Å²) in [6.45, 7) is 0.595. The quantitative estimate of drug-likeness (QED) is 0.181. The summed E-state index contributed by atoms with van der Waals surface area (Å²) in [5.41, 5.74) is 6.44. The van der Waals surface area contributed by atoms with E-state index in [1.54, 1.807) is 17.8 Å². The van der Waals surface area contributed by atoms with Gasteiger partial charge in [-0.05, 0) is 54.5 Å². The van der Waals surface area contributed by atoms with Crippen molar-refractivity contribution in [2.45, 2.75) is 61.4 Å². The van der Waals surface area contributed by atoms with E-state index < -0.39 is 0 Å². The zero-order chi connectivity index (χ0) is 25.4. The van der Waals surface area contributed by atoms with Crippen LogP contribution in [0.1, 0.15) is 47.9 Å². The summed E-state index contributed by atoms with van der Waals surface area (Å²) in [5, 5.41) is 1.99. The topological polar surface area (TPSA) is 34.9 Å². The van der Waals surface area contributed by atoms with E-state index in [1.165, 1.54) is 11.1 Å². The van der Waals surface area contributed by atoms with Crippen LogP contribution in [0.15, 0.2) is 82.7 Å². The van der Waals surface area contributed by atoms with Gasteiger partial charge in [-0.15, -0.1) is 0 Å². The van der Waals surface area contributed by atoms with Crippen molar-refractivity contribution < 1.29 is 0 Å².